The minimum atomic E-state index is -0.186. The quantitative estimate of drug-likeness (QED) is 0.190. The van der Waals surface area contributed by atoms with Crippen molar-refractivity contribution in [2.45, 2.75) is 19.3 Å². The van der Waals surface area contributed by atoms with Crippen LogP contribution in [-0.2, 0) is 5.41 Å². The van der Waals surface area contributed by atoms with Gasteiger partial charge >= 0.3 is 0 Å². The van der Waals surface area contributed by atoms with Crippen LogP contribution < -0.4 is 0 Å². The Bertz CT molecular complexity index is 2630. The summed E-state index contributed by atoms with van der Waals surface area (Å²) in [7, 11) is 0. The van der Waals surface area contributed by atoms with Gasteiger partial charge < -0.3 is 8.98 Å². The summed E-state index contributed by atoms with van der Waals surface area (Å²) >= 11 is 0. The van der Waals surface area contributed by atoms with Gasteiger partial charge in [0.25, 0.3) is 0 Å². The van der Waals surface area contributed by atoms with E-state index in [0.29, 0.717) is 5.92 Å². The smallest absolute Gasteiger partial charge is 0.135 e. The number of hydrogen-bond donors (Lipinski definition) is 0. The highest BCUT2D eigenvalue weighted by Crippen LogP contribution is 2.57. The molecule has 2 unspecified atom stereocenters. The van der Waals surface area contributed by atoms with Gasteiger partial charge in [-0.05, 0) is 80.9 Å². The third-order valence-electron chi connectivity index (χ3n) is 11.1. The lowest BCUT2D eigenvalue weighted by Crippen LogP contribution is -2.21. The van der Waals surface area contributed by atoms with E-state index in [2.05, 4.69) is 146 Å². The summed E-state index contributed by atoms with van der Waals surface area (Å²) in [6.45, 7) is 4.78. The van der Waals surface area contributed by atoms with Crippen molar-refractivity contribution in [2.75, 3.05) is 0 Å². The lowest BCUT2D eigenvalue weighted by Gasteiger charge is -2.32. The first-order chi connectivity index (χ1) is 22.1. The number of aromatic nitrogens is 1. The van der Waals surface area contributed by atoms with Crippen LogP contribution in [0.2, 0.25) is 0 Å². The summed E-state index contributed by atoms with van der Waals surface area (Å²) in [5.74, 6) is 0.619. The molecule has 4 aliphatic carbocycles. The molecule has 2 heteroatoms. The molecule has 0 spiro atoms. The van der Waals surface area contributed by atoms with Gasteiger partial charge in [0.15, 0.2) is 0 Å². The molecule has 0 saturated heterocycles. The molecular weight excluding hydrogens is 546 g/mol. The summed E-state index contributed by atoms with van der Waals surface area (Å²) in [5.41, 5.74) is 16.7. The van der Waals surface area contributed by atoms with Crippen LogP contribution >= 0.6 is 0 Å². The number of rotatable bonds is 1. The molecule has 2 nitrogen and oxygen atoms in total. The first-order valence-electron chi connectivity index (χ1n) is 16.0. The molecule has 5 aromatic carbocycles. The van der Waals surface area contributed by atoms with E-state index in [-0.39, 0.29) is 11.3 Å². The Morgan fingerprint density at radius 1 is 0.622 bits per heavy atom. The fraction of sp³-hybridized carbons (Fsp3) is 0.116. The van der Waals surface area contributed by atoms with Gasteiger partial charge in [-0.25, -0.2) is 0 Å². The van der Waals surface area contributed by atoms with Crippen LogP contribution in [0.3, 0.4) is 0 Å². The molecule has 0 N–H and O–H groups in total. The first-order valence-corrected chi connectivity index (χ1v) is 16.0. The summed E-state index contributed by atoms with van der Waals surface area (Å²) in [5, 5.41) is 5.07. The van der Waals surface area contributed by atoms with Crippen molar-refractivity contribution in [2.24, 2.45) is 11.8 Å². The van der Waals surface area contributed by atoms with Crippen molar-refractivity contribution >= 4 is 60.6 Å². The number of benzene rings is 5. The number of fused-ring (bicyclic) bond motifs is 13. The normalized spacial score (nSPS) is 20.3. The number of furan rings is 1. The monoisotopic (exact) mass is 575 g/mol. The molecule has 2 aromatic heterocycles. The number of allylic oxidation sites excluding steroid dienone is 8. The molecule has 0 radical (unpaired) electrons. The zero-order valence-corrected chi connectivity index (χ0v) is 25.1. The Morgan fingerprint density at radius 2 is 1.38 bits per heavy atom. The number of para-hydroxylation sites is 2. The van der Waals surface area contributed by atoms with Crippen LogP contribution in [0, 0.1) is 11.8 Å². The molecule has 0 aliphatic heterocycles. The summed E-state index contributed by atoms with van der Waals surface area (Å²) in [4.78, 5) is 0. The standard InChI is InChI=1S/C43H29NO/c1-43(2)34-23-37-33(22-32(34)29-19-21-39-41(42(29)43)31-13-6-8-17-38(31)45-39)26-12-5-7-16-35(26)44(37)36-20-18-28-25-11-4-3-10-24(25)27-14-9-15-30(36)40(27)28/h3-23,30,40H,1-2H3. The predicted octanol–water partition coefficient (Wildman–Crippen LogP) is 11.1. The van der Waals surface area contributed by atoms with Crippen LogP contribution in [0.4, 0.5) is 0 Å². The predicted molar refractivity (Wildman–Crippen MR) is 187 cm³/mol. The maximum atomic E-state index is 6.36. The molecule has 0 amide bonds. The molecule has 0 saturated carbocycles. The average Bonchev–Trinajstić information content (AvgIpc) is 3.77. The molecule has 0 fully saturated rings. The number of nitrogens with zero attached hydrogens (tertiary/aromatic N) is 1. The highest BCUT2D eigenvalue weighted by atomic mass is 16.3. The van der Waals surface area contributed by atoms with Gasteiger partial charge in [-0.2, -0.15) is 0 Å². The molecule has 212 valence electrons. The van der Waals surface area contributed by atoms with E-state index < -0.39 is 0 Å². The van der Waals surface area contributed by atoms with Crippen LogP contribution in [0.1, 0.15) is 36.1 Å². The maximum absolute atomic E-state index is 6.36. The Balaban J connectivity index is 1.19. The molecule has 11 rings (SSSR count). The Labute approximate surface area is 260 Å². The van der Waals surface area contributed by atoms with Crippen molar-refractivity contribution in [3.63, 3.8) is 0 Å². The highest BCUT2D eigenvalue weighted by molar-refractivity contribution is 6.15. The second kappa shape index (κ2) is 8.02. The molecule has 45 heavy (non-hydrogen) atoms. The van der Waals surface area contributed by atoms with Crippen molar-refractivity contribution < 1.29 is 4.42 Å². The summed E-state index contributed by atoms with van der Waals surface area (Å²) in [6.07, 6.45) is 11.8. The van der Waals surface area contributed by atoms with E-state index in [1.54, 1.807) is 0 Å². The third kappa shape index (κ3) is 2.82. The molecule has 2 heterocycles. The second-order valence-electron chi connectivity index (χ2n) is 13.6. The van der Waals surface area contributed by atoms with E-state index in [9.17, 15) is 0 Å². The Hall–Kier alpha value is -5.34. The highest BCUT2D eigenvalue weighted by Gasteiger charge is 2.42. The zero-order chi connectivity index (χ0) is 29.6. The second-order valence-corrected chi connectivity index (χ2v) is 13.6. The van der Waals surface area contributed by atoms with E-state index in [4.69, 9.17) is 4.42 Å². The Kier molecular flexibility index (Phi) is 4.29. The lowest BCUT2D eigenvalue weighted by molar-refractivity contribution is 0.657. The van der Waals surface area contributed by atoms with Gasteiger partial charge in [0, 0.05) is 44.5 Å². The largest absolute Gasteiger partial charge is 0.456 e. The molecule has 4 aliphatic rings. The van der Waals surface area contributed by atoms with Crippen LogP contribution in [0.5, 0.6) is 0 Å². The van der Waals surface area contributed by atoms with Crippen LogP contribution in [0.25, 0.3) is 71.7 Å². The van der Waals surface area contributed by atoms with Gasteiger partial charge in [0.1, 0.15) is 11.2 Å². The average molecular weight is 576 g/mol. The van der Waals surface area contributed by atoms with Crippen molar-refractivity contribution in [3.8, 4) is 11.1 Å². The summed E-state index contributed by atoms with van der Waals surface area (Å²) in [6, 6.07) is 35.8. The maximum Gasteiger partial charge on any atom is 0.135 e. The van der Waals surface area contributed by atoms with Gasteiger partial charge in [0.05, 0.1) is 11.0 Å². The topological polar surface area (TPSA) is 18.1 Å². The van der Waals surface area contributed by atoms with E-state index in [1.165, 1.54) is 82.8 Å². The van der Waals surface area contributed by atoms with Gasteiger partial charge in [0.2, 0.25) is 0 Å². The van der Waals surface area contributed by atoms with Crippen LogP contribution in [0.15, 0.2) is 132 Å². The lowest BCUT2D eigenvalue weighted by atomic mass is 9.75. The third-order valence-corrected chi connectivity index (χ3v) is 11.1. The van der Waals surface area contributed by atoms with E-state index in [1.807, 2.05) is 0 Å². The van der Waals surface area contributed by atoms with Crippen molar-refractivity contribution in [3.05, 3.63) is 150 Å². The SMILES string of the molecule is CC1(C)c2cc3c(cc2-c2ccc4oc5ccccc5c4c21)c1ccccc1n3C1=CC=C2c3ccccc3C3=CC=CC1C32. The van der Waals surface area contributed by atoms with Crippen molar-refractivity contribution in [1.82, 2.24) is 4.57 Å². The molecular formula is C43H29NO. The van der Waals surface area contributed by atoms with E-state index in [0.717, 1.165) is 11.2 Å². The molecule has 0 bridgehead atoms. The van der Waals surface area contributed by atoms with Gasteiger partial charge in [-0.1, -0.05) is 105 Å². The summed E-state index contributed by atoms with van der Waals surface area (Å²) < 4.78 is 8.93. The zero-order valence-electron chi connectivity index (χ0n) is 25.1. The Morgan fingerprint density at radius 3 is 2.24 bits per heavy atom. The molecule has 7 aromatic rings. The van der Waals surface area contributed by atoms with E-state index >= 15 is 0 Å². The minimum absolute atomic E-state index is 0.186. The molecule has 2 atom stereocenters. The van der Waals surface area contributed by atoms with Gasteiger partial charge in [-0.3, -0.25) is 0 Å². The minimum Gasteiger partial charge on any atom is -0.456 e. The van der Waals surface area contributed by atoms with Crippen molar-refractivity contribution in [1.29, 1.82) is 0 Å². The fourth-order valence-electron chi connectivity index (χ4n) is 9.29. The number of hydrogen-bond acceptors (Lipinski definition) is 1. The first kappa shape index (κ1) is 24.0. The fourth-order valence-corrected chi connectivity index (χ4v) is 9.29. The van der Waals surface area contributed by atoms with Gasteiger partial charge in [-0.15, -0.1) is 0 Å². The van der Waals surface area contributed by atoms with Crippen LogP contribution in [-0.4, -0.2) is 4.57 Å².